The molecule has 0 unspecified atom stereocenters. The predicted octanol–water partition coefficient (Wildman–Crippen LogP) is 5.29. The van der Waals surface area contributed by atoms with Crippen LogP contribution in [0.15, 0.2) is 24.3 Å². The smallest absolute Gasteiger partial charge is 0.326 e. The Bertz CT molecular complexity index is 1260. The number of hydrogen-bond acceptors (Lipinski definition) is 14. The Morgan fingerprint density at radius 1 is 0.705 bits per heavy atom. The number of halogens is 3. The van der Waals surface area contributed by atoms with Crippen LogP contribution < -0.4 is 0 Å². The fraction of sp³-hybridized carbons (Fsp3) is 0.440. The first-order valence-corrected chi connectivity index (χ1v) is 13.3. The van der Waals surface area contributed by atoms with Gasteiger partial charge in [0.1, 0.15) is 22.4 Å². The summed E-state index contributed by atoms with van der Waals surface area (Å²) < 4.78 is 18.5. The maximum Gasteiger partial charge on any atom is 0.326 e. The summed E-state index contributed by atoms with van der Waals surface area (Å²) in [5.41, 5.74) is -1.15. The average molecular weight is 686 g/mol. The molecular weight excluding hydrogens is 655 g/mol. The normalized spacial score (nSPS) is 9.55. The van der Waals surface area contributed by atoms with E-state index in [1.54, 1.807) is 27.7 Å². The van der Waals surface area contributed by atoms with Crippen LogP contribution in [0.5, 0.6) is 0 Å². The van der Waals surface area contributed by atoms with Crippen molar-refractivity contribution in [2.75, 3.05) is 26.4 Å². The van der Waals surface area contributed by atoms with Gasteiger partial charge in [0.2, 0.25) is 11.1 Å². The van der Waals surface area contributed by atoms with Gasteiger partial charge in [0.05, 0.1) is 36.3 Å². The average Bonchev–Trinajstić information content (AvgIpc) is 2.90. The molecule has 0 bridgehead atoms. The summed E-state index contributed by atoms with van der Waals surface area (Å²) in [5.74, 6) is -4.68. The molecular formula is C25H31Cl3N4O12. The van der Waals surface area contributed by atoms with Crippen molar-refractivity contribution in [3.63, 3.8) is 0 Å². The standard InChI is InChI=1S/C12H13ClN2O6.C7H12O4.C5H2Cl2N2O2.CH4/c1-3-20-11(16)9(12(17)21-4-2)10-7(15(18)19)5-6-8(13)14-10;1-3-10-6(8)5-7(9)11-4-2;6-4-2-1-3(9(10)11)5(7)8-4;/h5-6,9H,3-4H2,1-2H3;3-5H2,1-2H3;1-2H;1H4. The monoisotopic (exact) mass is 684 g/mol. The molecule has 244 valence electrons. The molecule has 0 saturated heterocycles. The van der Waals surface area contributed by atoms with E-state index in [9.17, 15) is 39.4 Å². The van der Waals surface area contributed by atoms with E-state index in [2.05, 4.69) is 19.4 Å². The van der Waals surface area contributed by atoms with E-state index in [4.69, 9.17) is 44.3 Å². The minimum absolute atomic E-state index is 0. The zero-order chi connectivity index (χ0) is 33.1. The van der Waals surface area contributed by atoms with Gasteiger partial charge in [-0.2, -0.15) is 0 Å². The van der Waals surface area contributed by atoms with Gasteiger partial charge in [-0.15, -0.1) is 0 Å². The highest BCUT2D eigenvalue weighted by Gasteiger charge is 2.38. The number of rotatable bonds is 11. The summed E-state index contributed by atoms with van der Waals surface area (Å²) >= 11 is 16.5. The maximum atomic E-state index is 11.9. The molecule has 0 saturated carbocycles. The number of pyridine rings is 2. The van der Waals surface area contributed by atoms with Crippen LogP contribution in [0.3, 0.4) is 0 Å². The number of nitro groups is 2. The van der Waals surface area contributed by atoms with Gasteiger partial charge in [-0.1, -0.05) is 42.2 Å². The van der Waals surface area contributed by atoms with Crippen molar-refractivity contribution in [3.05, 3.63) is 65.6 Å². The second-order valence-electron chi connectivity index (χ2n) is 7.22. The van der Waals surface area contributed by atoms with Gasteiger partial charge in [0.15, 0.2) is 0 Å². The molecule has 2 heterocycles. The number of ether oxygens (including phenoxy) is 4. The topological polar surface area (TPSA) is 217 Å². The molecule has 0 aliphatic heterocycles. The molecule has 0 aliphatic carbocycles. The van der Waals surface area contributed by atoms with Gasteiger partial charge in [0.25, 0.3) is 5.69 Å². The highest BCUT2D eigenvalue weighted by molar-refractivity contribution is 6.33. The highest BCUT2D eigenvalue weighted by atomic mass is 35.5. The highest BCUT2D eigenvalue weighted by Crippen LogP contribution is 2.29. The van der Waals surface area contributed by atoms with E-state index < -0.39 is 51.0 Å². The van der Waals surface area contributed by atoms with E-state index in [0.29, 0.717) is 0 Å². The molecule has 0 N–H and O–H groups in total. The van der Waals surface area contributed by atoms with Crippen LogP contribution in [0, 0.1) is 20.2 Å². The number of carbonyl (C=O) groups excluding carboxylic acids is 4. The third kappa shape index (κ3) is 15.4. The molecule has 19 heteroatoms. The Morgan fingerprint density at radius 3 is 1.45 bits per heavy atom. The number of carbonyl (C=O) groups is 4. The molecule has 0 aromatic carbocycles. The Hall–Kier alpha value is -4.15. The summed E-state index contributed by atoms with van der Waals surface area (Å²) in [7, 11) is 0. The summed E-state index contributed by atoms with van der Waals surface area (Å²) in [6, 6.07) is 4.77. The van der Waals surface area contributed by atoms with Crippen molar-refractivity contribution in [1.82, 2.24) is 9.97 Å². The van der Waals surface area contributed by atoms with Gasteiger partial charge in [0, 0.05) is 12.1 Å². The lowest BCUT2D eigenvalue weighted by Gasteiger charge is -2.14. The van der Waals surface area contributed by atoms with Crippen molar-refractivity contribution in [3.8, 4) is 0 Å². The quantitative estimate of drug-likeness (QED) is 0.0733. The number of nitrogens with zero attached hydrogens (tertiary/aromatic N) is 4. The number of aromatic nitrogens is 2. The van der Waals surface area contributed by atoms with Crippen LogP contribution >= 0.6 is 34.8 Å². The zero-order valence-electron chi connectivity index (χ0n) is 23.2. The molecule has 44 heavy (non-hydrogen) atoms. The number of hydrogen-bond donors (Lipinski definition) is 0. The van der Waals surface area contributed by atoms with E-state index >= 15 is 0 Å². The summed E-state index contributed by atoms with van der Waals surface area (Å²) in [6.45, 7) is 7.04. The summed E-state index contributed by atoms with van der Waals surface area (Å²) in [6.07, 6.45) is -0.290. The molecule has 16 nitrogen and oxygen atoms in total. The fourth-order valence-corrected chi connectivity index (χ4v) is 3.23. The number of esters is 4. The van der Waals surface area contributed by atoms with Crippen molar-refractivity contribution in [1.29, 1.82) is 0 Å². The van der Waals surface area contributed by atoms with E-state index in [0.717, 1.165) is 6.07 Å². The zero-order valence-corrected chi connectivity index (χ0v) is 25.5. The van der Waals surface area contributed by atoms with Gasteiger partial charge in [-0.25, -0.2) is 9.97 Å². The second-order valence-corrected chi connectivity index (χ2v) is 8.35. The lowest BCUT2D eigenvalue weighted by atomic mass is 10.0. The van der Waals surface area contributed by atoms with Gasteiger partial charge in [-0.05, 0) is 39.8 Å². The van der Waals surface area contributed by atoms with Crippen LogP contribution in [0.2, 0.25) is 15.5 Å². The minimum Gasteiger partial charge on any atom is -0.466 e. The Labute approximate surface area is 267 Å². The molecule has 2 aromatic rings. The second kappa shape index (κ2) is 22.4. The lowest BCUT2D eigenvalue weighted by Crippen LogP contribution is -2.27. The molecule has 2 aromatic heterocycles. The first kappa shape index (κ1) is 42.0. The van der Waals surface area contributed by atoms with Crippen molar-refractivity contribution < 1.29 is 48.0 Å². The lowest BCUT2D eigenvalue weighted by molar-refractivity contribution is -0.386. The molecule has 0 fully saturated rings. The van der Waals surface area contributed by atoms with Gasteiger partial charge < -0.3 is 18.9 Å². The third-order valence-corrected chi connectivity index (χ3v) is 4.97. The van der Waals surface area contributed by atoms with Crippen LogP contribution in [-0.4, -0.2) is 70.1 Å². The fourth-order valence-electron chi connectivity index (χ4n) is 2.66. The molecule has 0 amide bonds. The summed E-state index contributed by atoms with van der Waals surface area (Å²) in [5, 5.41) is 21.0. The Morgan fingerprint density at radius 2 is 1.09 bits per heavy atom. The Kier molecular flexibility index (Phi) is 21.4. The van der Waals surface area contributed by atoms with Crippen LogP contribution in [0.4, 0.5) is 11.4 Å². The van der Waals surface area contributed by atoms with Gasteiger partial charge in [-0.3, -0.25) is 39.4 Å². The Balaban J connectivity index is 0. The van der Waals surface area contributed by atoms with Crippen LogP contribution in [0.1, 0.15) is 53.2 Å². The van der Waals surface area contributed by atoms with Crippen molar-refractivity contribution in [2.45, 2.75) is 47.5 Å². The van der Waals surface area contributed by atoms with E-state index in [1.165, 1.54) is 18.2 Å². The van der Waals surface area contributed by atoms with Crippen molar-refractivity contribution >= 4 is 70.1 Å². The largest absolute Gasteiger partial charge is 0.466 e. The molecule has 0 radical (unpaired) electrons. The van der Waals surface area contributed by atoms with Crippen LogP contribution in [-0.2, 0) is 38.1 Å². The van der Waals surface area contributed by atoms with E-state index in [1.807, 2.05) is 0 Å². The maximum absolute atomic E-state index is 11.9. The molecule has 2 rings (SSSR count). The van der Waals surface area contributed by atoms with Gasteiger partial charge >= 0.3 is 29.6 Å². The molecule has 0 aliphatic rings. The minimum atomic E-state index is -1.65. The molecule has 0 atom stereocenters. The van der Waals surface area contributed by atoms with E-state index in [-0.39, 0.29) is 61.4 Å². The predicted molar refractivity (Wildman–Crippen MR) is 157 cm³/mol. The SMILES string of the molecule is C.CCOC(=O)C(C(=O)OCC)c1nc(Cl)ccc1[N+](=O)[O-].CCOC(=O)CC(=O)OCC.O=[N+]([O-])c1ccc(Cl)nc1Cl. The molecule has 0 spiro atoms. The van der Waals surface area contributed by atoms with Crippen molar-refractivity contribution in [2.24, 2.45) is 0 Å². The third-order valence-electron chi connectivity index (χ3n) is 4.27. The first-order chi connectivity index (χ1) is 20.2. The summed E-state index contributed by atoms with van der Waals surface area (Å²) in [4.78, 5) is 72.1. The first-order valence-electron chi connectivity index (χ1n) is 12.1. The van der Waals surface area contributed by atoms with Crippen LogP contribution in [0.25, 0.3) is 0 Å².